The van der Waals surface area contributed by atoms with E-state index in [9.17, 15) is 0 Å². The molecule has 1 N–H and O–H groups in total. The van der Waals surface area contributed by atoms with Crippen LogP contribution in [0.3, 0.4) is 0 Å². The highest BCUT2D eigenvalue weighted by Gasteiger charge is 2.16. The van der Waals surface area contributed by atoms with Crippen molar-refractivity contribution in [3.05, 3.63) is 16.1 Å². The first-order valence-corrected chi connectivity index (χ1v) is 7.47. The average Bonchev–Trinajstić information content (AvgIpc) is 2.37. The molecular formula is C14H20Cl2N4. The summed E-state index contributed by atoms with van der Waals surface area (Å²) >= 11 is 12.4. The largest absolute Gasteiger partial charge is 0.369 e. The van der Waals surface area contributed by atoms with Crippen LogP contribution < -0.4 is 10.2 Å². The van der Waals surface area contributed by atoms with Crippen molar-refractivity contribution < 1.29 is 0 Å². The lowest BCUT2D eigenvalue weighted by atomic mass is 10.2. The van der Waals surface area contributed by atoms with E-state index < -0.39 is 0 Å². The van der Waals surface area contributed by atoms with Crippen LogP contribution in [0, 0.1) is 17.2 Å². The fourth-order valence-electron chi connectivity index (χ4n) is 1.88. The molecule has 0 bridgehead atoms. The number of anilines is 2. The third kappa shape index (κ3) is 4.73. The Bertz CT molecular complexity index is 483. The highest BCUT2D eigenvalue weighted by molar-refractivity contribution is 6.37. The summed E-state index contributed by atoms with van der Waals surface area (Å²) in [5, 5.41) is 12.9. The Morgan fingerprint density at radius 3 is 2.65 bits per heavy atom. The van der Waals surface area contributed by atoms with Gasteiger partial charge in [0.2, 0.25) is 0 Å². The molecule has 4 nitrogen and oxygen atoms in total. The fraction of sp³-hybridized carbons (Fsp3) is 0.571. The quantitative estimate of drug-likeness (QED) is 0.819. The van der Waals surface area contributed by atoms with Crippen LogP contribution in [0.5, 0.6) is 0 Å². The van der Waals surface area contributed by atoms with Gasteiger partial charge >= 0.3 is 0 Å². The van der Waals surface area contributed by atoms with Gasteiger partial charge in [0.25, 0.3) is 0 Å². The number of halogens is 2. The molecule has 0 unspecified atom stereocenters. The third-order valence-electron chi connectivity index (χ3n) is 2.63. The van der Waals surface area contributed by atoms with E-state index in [0.29, 0.717) is 40.6 Å². The van der Waals surface area contributed by atoms with E-state index in [0.717, 1.165) is 13.1 Å². The van der Waals surface area contributed by atoms with Gasteiger partial charge in [-0.05, 0) is 18.9 Å². The topological polar surface area (TPSA) is 52.0 Å². The summed E-state index contributed by atoms with van der Waals surface area (Å²) in [5.41, 5.74) is 0. The van der Waals surface area contributed by atoms with Crippen LogP contribution in [-0.4, -0.2) is 24.6 Å². The van der Waals surface area contributed by atoms with E-state index in [1.165, 1.54) is 0 Å². The molecule has 6 heteroatoms. The Balaban J connectivity index is 3.10. The van der Waals surface area contributed by atoms with Crippen LogP contribution in [0.2, 0.25) is 10.0 Å². The zero-order valence-electron chi connectivity index (χ0n) is 12.1. The molecule has 0 atom stereocenters. The first-order chi connectivity index (χ1) is 9.49. The molecule has 0 saturated carbocycles. The van der Waals surface area contributed by atoms with E-state index in [-0.39, 0.29) is 0 Å². The molecule has 1 heterocycles. The lowest BCUT2D eigenvalue weighted by molar-refractivity contribution is 0.608. The van der Waals surface area contributed by atoms with E-state index in [1.807, 2.05) is 11.8 Å². The zero-order chi connectivity index (χ0) is 15.1. The maximum absolute atomic E-state index is 8.78. The minimum atomic E-state index is 0.434. The number of aromatic nitrogens is 1. The van der Waals surface area contributed by atoms with Crippen LogP contribution >= 0.6 is 23.2 Å². The number of rotatable bonds is 7. The summed E-state index contributed by atoms with van der Waals surface area (Å²) in [6.07, 6.45) is 0.434. The molecule has 0 aromatic carbocycles. The lowest BCUT2D eigenvalue weighted by Gasteiger charge is -2.26. The van der Waals surface area contributed by atoms with Gasteiger partial charge in [-0.1, -0.05) is 37.0 Å². The SMILES string of the molecule is CCNc1nc(N(CCC#N)CC(C)C)c(Cl)cc1Cl. The molecule has 1 rings (SSSR count). The molecule has 0 spiro atoms. The molecule has 0 aliphatic heterocycles. The summed E-state index contributed by atoms with van der Waals surface area (Å²) in [7, 11) is 0. The van der Waals surface area contributed by atoms with E-state index in [1.54, 1.807) is 6.07 Å². The van der Waals surface area contributed by atoms with Gasteiger partial charge in [0, 0.05) is 19.6 Å². The maximum atomic E-state index is 8.78. The highest BCUT2D eigenvalue weighted by Crippen LogP contribution is 2.31. The minimum absolute atomic E-state index is 0.434. The normalized spacial score (nSPS) is 10.4. The molecular weight excluding hydrogens is 295 g/mol. The molecule has 0 aliphatic carbocycles. The molecule has 1 aromatic heterocycles. The van der Waals surface area contributed by atoms with Crippen molar-refractivity contribution in [2.75, 3.05) is 29.9 Å². The molecule has 0 amide bonds. The summed E-state index contributed by atoms with van der Waals surface area (Å²) in [4.78, 5) is 6.54. The number of hydrogen-bond acceptors (Lipinski definition) is 4. The molecule has 0 saturated heterocycles. The van der Waals surface area contributed by atoms with E-state index in [4.69, 9.17) is 28.5 Å². The fourth-order valence-corrected chi connectivity index (χ4v) is 2.42. The number of nitrogens with one attached hydrogen (secondary N) is 1. The Morgan fingerprint density at radius 2 is 2.10 bits per heavy atom. The standard InChI is InChI=1S/C14H20Cl2N4/c1-4-18-13-11(15)8-12(16)14(19-13)20(7-5-6-17)9-10(2)3/h8,10H,4-5,7,9H2,1-3H3,(H,18,19). The Kier molecular flexibility index (Phi) is 6.90. The van der Waals surface area contributed by atoms with Crippen molar-refractivity contribution in [2.45, 2.75) is 27.2 Å². The van der Waals surface area contributed by atoms with Crippen LogP contribution in [0.4, 0.5) is 11.6 Å². The van der Waals surface area contributed by atoms with Gasteiger partial charge in [-0.25, -0.2) is 4.98 Å². The van der Waals surface area contributed by atoms with Gasteiger partial charge in [-0.2, -0.15) is 5.26 Å². The first-order valence-electron chi connectivity index (χ1n) is 6.71. The Labute approximate surface area is 130 Å². The van der Waals surface area contributed by atoms with Gasteiger partial charge in [0.05, 0.1) is 22.5 Å². The first kappa shape index (κ1) is 16.9. The van der Waals surface area contributed by atoms with E-state index >= 15 is 0 Å². The summed E-state index contributed by atoms with van der Waals surface area (Å²) in [6, 6.07) is 3.86. The minimum Gasteiger partial charge on any atom is -0.369 e. The number of pyridine rings is 1. The average molecular weight is 315 g/mol. The summed E-state index contributed by atoms with van der Waals surface area (Å²) in [5.74, 6) is 1.75. The molecule has 1 aromatic rings. The van der Waals surface area contributed by atoms with Gasteiger partial charge < -0.3 is 10.2 Å². The van der Waals surface area contributed by atoms with Crippen LogP contribution in [-0.2, 0) is 0 Å². The Hall–Kier alpha value is -1.18. The van der Waals surface area contributed by atoms with Gasteiger partial charge in [0.15, 0.2) is 0 Å². The highest BCUT2D eigenvalue weighted by atomic mass is 35.5. The van der Waals surface area contributed by atoms with Crippen LogP contribution in [0.15, 0.2) is 6.07 Å². The monoisotopic (exact) mass is 314 g/mol. The van der Waals surface area contributed by atoms with E-state index in [2.05, 4.69) is 30.2 Å². The molecule has 0 fully saturated rings. The molecule has 110 valence electrons. The van der Waals surface area contributed by atoms with Crippen LogP contribution in [0.1, 0.15) is 27.2 Å². The number of nitrogens with zero attached hydrogens (tertiary/aromatic N) is 3. The maximum Gasteiger partial charge on any atom is 0.149 e. The molecule has 20 heavy (non-hydrogen) atoms. The molecule has 0 radical (unpaired) electrons. The number of hydrogen-bond donors (Lipinski definition) is 1. The summed E-state index contributed by atoms with van der Waals surface area (Å²) < 4.78 is 0. The zero-order valence-corrected chi connectivity index (χ0v) is 13.6. The van der Waals surface area contributed by atoms with Gasteiger partial charge in [-0.3, -0.25) is 0 Å². The smallest absolute Gasteiger partial charge is 0.149 e. The van der Waals surface area contributed by atoms with Crippen molar-refractivity contribution in [2.24, 2.45) is 5.92 Å². The second kappa shape index (κ2) is 8.18. The predicted octanol–water partition coefficient (Wildman–Crippen LogP) is 4.20. The van der Waals surface area contributed by atoms with Crippen molar-refractivity contribution >= 4 is 34.8 Å². The van der Waals surface area contributed by atoms with Gasteiger partial charge in [0.1, 0.15) is 11.6 Å². The Morgan fingerprint density at radius 1 is 1.40 bits per heavy atom. The summed E-state index contributed by atoms with van der Waals surface area (Å²) in [6.45, 7) is 8.35. The lowest BCUT2D eigenvalue weighted by Crippen LogP contribution is -2.30. The number of nitriles is 1. The predicted molar refractivity (Wildman–Crippen MR) is 85.7 cm³/mol. The van der Waals surface area contributed by atoms with Crippen molar-refractivity contribution in [1.82, 2.24) is 4.98 Å². The van der Waals surface area contributed by atoms with Gasteiger partial charge in [-0.15, -0.1) is 0 Å². The second-order valence-corrected chi connectivity index (χ2v) is 5.72. The van der Waals surface area contributed by atoms with Crippen molar-refractivity contribution in [3.63, 3.8) is 0 Å². The molecule has 0 aliphatic rings. The second-order valence-electron chi connectivity index (χ2n) is 4.90. The van der Waals surface area contributed by atoms with Crippen LogP contribution in [0.25, 0.3) is 0 Å². The third-order valence-corrected chi connectivity index (χ3v) is 3.20. The van der Waals surface area contributed by atoms with Crippen molar-refractivity contribution in [3.8, 4) is 6.07 Å². The van der Waals surface area contributed by atoms with Crippen molar-refractivity contribution in [1.29, 1.82) is 5.26 Å².